The van der Waals surface area contributed by atoms with Gasteiger partial charge in [0.2, 0.25) is 15.9 Å². The summed E-state index contributed by atoms with van der Waals surface area (Å²) in [4.78, 5) is 13.2. The molecule has 2 rings (SSSR count). The number of primary sulfonamides is 1. The number of sulfonamides is 1. The van der Waals surface area contributed by atoms with Gasteiger partial charge in [-0.1, -0.05) is 11.6 Å². The van der Waals surface area contributed by atoms with Crippen LogP contribution in [0.5, 0.6) is 5.75 Å². The number of halogens is 1. The maximum absolute atomic E-state index is 11.9. The lowest BCUT2D eigenvalue weighted by Crippen LogP contribution is -2.32. The molecule has 1 aromatic carbocycles. The van der Waals surface area contributed by atoms with Crippen molar-refractivity contribution < 1.29 is 17.9 Å². The van der Waals surface area contributed by atoms with Crippen molar-refractivity contribution in [2.45, 2.75) is 11.7 Å². The van der Waals surface area contributed by atoms with E-state index in [2.05, 4.69) is 0 Å². The van der Waals surface area contributed by atoms with E-state index in [4.69, 9.17) is 21.5 Å². The summed E-state index contributed by atoms with van der Waals surface area (Å²) >= 11 is 6.06. The number of amides is 1. The molecule has 2 N–H and O–H groups in total. The molecule has 0 spiro atoms. The van der Waals surface area contributed by atoms with Gasteiger partial charge in [-0.15, -0.1) is 0 Å². The number of nitrogens with zero attached hydrogens (tertiary/aromatic N) is 1. The van der Waals surface area contributed by atoms with Crippen molar-refractivity contribution in [1.82, 2.24) is 0 Å². The number of anilines is 1. The van der Waals surface area contributed by atoms with Gasteiger partial charge in [-0.05, 0) is 12.1 Å². The van der Waals surface area contributed by atoms with E-state index in [-0.39, 0.29) is 18.9 Å². The Morgan fingerprint density at radius 1 is 1.47 bits per heavy atom. The average molecular weight is 305 g/mol. The highest BCUT2D eigenvalue weighted by molar-refractivity contribution is 7.89. The number of hydrogen-bond acceptors (Lipinski definition) is 4. The number of rotatable bonds is 3. The fourth-order valence-corrected chi connectivity index (χ4v) is 2.97. The van der Waals surface area contributed by atoms with Crippen LogP contribution in [-0.4, -0.2) is 33.2 Å². The molecule has 1 aromatic rings. The largest absolute Gasteiger partial charge is 0.497 e. The van der Waals surface area contributed by atoms with Gasteiger partial charge < -0.3 is 9.64 Å². The monoisotopic (exact) mass is 304 g/mol. The van der Waals surface area contributed by atoms with Crippen LogP contribution in [-0.2, 0) is 14.8 Å². The predicted molar refractivity (Wildman–Crippen MR) is 71.9 cm³/mol. The van der Waals surface area contributed by atoms with Crippen molar-refractivity contribution in [2.75, 3.05) is 18.6 Å². The SMILES string of the molecule is COc1ccc(N2CC(S(N)(=O)=O)CC2=O)c(Cl)c1. The summed E-state index contributed by atoms with van der Waals surface area (Å²) in [6.45, 7) is 0.0176. The Labute approximate surface area is 116 Å². The van der Waals surface area contributed by atoms with Gasteiger partial charge in [-0.25, -0.2) is 13.6 Å². The van der Waals surface area contributed by atoms with Gasteiger partial charge in [0.15, 0.2) is 0 Å². The summed E-state index contributed by atoms with van der Waals surface area (Å²) in [5.74, 6) is 0.245. The highest BCUT2D eigenvalue weighted by atomic mass is 35.5. The second-order valence-corrected chi connectivity index (χ2v) is 6.49. The van der Waals surface area contributed by atoms with Crippen molar-refractivity contribution in [2.24, 2.45) is 5.14 Å². The van der Waals surface area contributed by atoms with Gasteiger partial charge in [0, 0.05) is 19.0 Å². The molecule has 19 heavy (non-hydrogen) atoms. The van der Waals surface area contributed by atoms with Crippen LogP contribution in [0.1, 0.15) is 6.42 Å². The minimum Gasteiger partial charge on any atom is -0.497 e. The topological polar surface area (TPSA) is 89.7 Å². The summed E-state index contributed by atoms with van der Waals surface area (Å²) in [5.41, 5.74) is 0.457. The van der Waals surface area contributed by atoms with Crippen molar-refractivity contribution in [1.29, 1.82) is 0 Å². The van der Waals surface area contributed by atoms with E-state index >= 15 is 0 Å². The Balaban J connectivity index is 2.31. The molecule has 0 aromatic heterocycles. The average Bonchev–Trinajstić information content (AvgIpc) is 2.71. The van der Waals surface area contributed by atoms with Gasteiger partial charge in [-0.3, -0.25) is 4.79 Å². The van der Waals surface area contributed by atoms with Crippen molar-refractivity contribution in [3.05, 3.63) is 23.2 Å². The molecular formula is C11H13ClN2O4S. The van der Waals surface area contributed by atoms with Crippen LogP contribution < -0.4 is 14.8 Å². The molecule has 1 aliphatic rings. The molecule has 0 bridgehead atoms. The first-order chi connectivity index (χ1) is 8.82. The lowest BCUT2D eigenvalue weighted by Gasteiger charge is -2.18. The molecule has 0 aliphatic carbocycles. The summed E-state index contributed by atoms with van der Waals surface area (Å²) in [7, 11) is -2.23. The van der Waals surface area contributed by atoms with Crippen molar-refractivity contribution >= 4 is 33.2 Å². The lowest BCUT2D eigenvalue weighted by molar-refractivity contribution is -0.117. The van der Waals surface area contributed by atoms with E-state index in [9.17, 15) is 13.2 Å². The molecular weight excluding hydrogens is 292 g/mol. The molecule has 0 saturated carbocycles. The maximum atomic E-state index is 11.9. The molecule has 0 radical (unpaired) electrons. The van der Waals surface area contributed by atoms with Gasteiger partial charge in [0.1, 0.15) is 11.0 Å². The molecule has 1 aliphatic heterocycles. The third-order valence-electron chi connectivity index (χ3n) is 3.00. The molecule has 104 valence electrons. The number of methoxy groups -OCH3 is 1. The van der Waals surface area contributed by atoms with Crippen LogP contribution in [0, 0.1) is 0 Å². The minimum absolute atomic E-state index is 0.0176. The number of carbonyl (C=O) groups excluding carboxylic acids is 1. The summed E-state index contributed by atoms with van der Waals surface area (Å²) in [6.07, 6.45) is -0.124. The standard InChI is InChI=1S/C11H13ClN2O4S/c1-18-7-2-3-10(9(12)4-7)14-6-8(5-11(14)15)19(13,16)17/h2-4,8H,5-6H2,1H3,(H2,13,16,17). The zero-order valence-electron chi connectivity index (χ0n) is 10.2. The van der Waals surface area contributed by atoms with E-state index in [1.165, 1.54) is 12.0 Å². The fraction of sp³-hybridized carbons (Fsp3) is 0.364. The zero-order chi connectivity index (χ0) is 14.2. The molecule has 6 nitrogen and oxygen atoms in total. The number of nitrogens with two attached hydrogens (primary N) is 1. The highest BCUT2D eigenvalue weighted by Gasteiger charge is 2.37. The van der Waals surface area contributed by atoms with E-state index in [0.29, 0.717) is 16.5 Å². The normalized spacial score (nSPS) is 19.8. The number of benzene rings is 1. The van der Waals surface area contributed by atoms with Gasteiger partial charge in [0.25, 0.3) is 0 Å². The van der Waals surface area contributed by atoms with Crippen molar-refractivity contribution in [3.63, 3.8) is 0 Å². The molecule has 1 heterocycles. The van der Waals surface area contributed by atoms with Crippen LogP contribution in [0.3, 0.4) is 0 Å². The number of ether oxygens (including phenoxy) is 1. The van der Waals surface area contributed by atoms with Crippen LogP contribution in [0.15, 0.2) is 18.2 Å². The van der Waals surface area contributed by atoms with E-state index in [1.807, 2.05) is 0 Å². The van der Waals surface area contributed by atoms with E-state index < -0.39 is 15.3 Å². The summed E-state index contributed by atoms with van der Waals surface area (Å²) in [6, 6.07) is 4.83. The first kappa shape index (κ1) is 14.1. The van der Waals surface area contributed by atoms with Gasteiger partial charge in [-0.2, -0.15) is 0 Å². The molecule has 1 saturated heterocycles. The Hall–Kier alpha value is -1.31. The van der Waals surface area contributed by atoms with Crippen LogP contribution in [0.2, 0.25) is 5.02 Å². The zero-order valence-corrected chi connectivity index (χ0v) is 11.7. The van der Waals surface area contributed by atoms with Gasteiger partial charge in [0.05, 0.1) is 17.8 Å². The number of hydrogen-bond donors (Lipinski definition) is 1. The highest BCUT2D eigenvalue weighted by Crippen LogP contribution is 2.33. The molecule has 1 atom stereocenters. The fourth-order valence-electron chi connectivity index (χ4n) is 1.96. The van der Waals surface area contributed by atoms with Crippen LogP contribution in [0.4, 0.5) is 5.69 Å². The Bertz CT molecular complexity index is 617. The number of carbonyl (C=O) groups is 1. The maximum Gasteiger partial charge on any atom is 0.228 e. The molecule has 1 unspecified atom stereocenters. The molecule has 1 amide bonds. The van der Waals surface area contributed by atoms with E-state index in [0.717, 1.165) is 0 Å². The smallest absolute Gasteiger partial charge is 0.228 e. The first-order valence-electron chi connectivity index (χ1n) is 5.48. The Kier molecular flexibility index (Phi) is 3.71. The lowest BCUT2D eigenvalue weighted by atomic mass is 10.3. The summed E-state index contributed by atoms with van der Waals surface area (Å²) < 4.78 is 27.6. The predicted octanol–water partition coefficient (Wildman–Crippen LogP) is 0.742. The Morgan fingerprint density at radius 2 is 2.16 bits per heavy atom. The molecule has 8 heteroatoms. The second-order valence-electron chi connectivity index (χ2n) is 4.24. The van der Waals surface area contributed by atoms with Gasteiger partial charge >= 0.3 is 0 Å². The molecule has 1 fully saturated rings. The summed E-state index contributed by atoms with van der Waals surface area (Å²) in [5, 5.41) is 4.50. The second kappa shape index (κ2) is 4.99. The van der Waals surface area contributed by atoms with Crippen molar-refractivity contribution in [3.8, 4) is 5.75 Å². The van der Waals surface area contributed by atoms with Crippen LogP contribution in [0.25, 0.3) is 0 Å². The van der Waals surface area contributed by atoms with Crippen LogP contribution >= 0.6 is 11.6 Å². The third kappa shape index (κ3) is 2.83. The first-order valence-corrected chi connectivity index (χ1v) is 7.47. The quantitative estimate of drug-likeness (QED) is 0.892. The third-order valence-corrected chi connectivity index (χ3v) is 4.55. The minimum atomic E-state index is -3.73. The Morgan fingerprint density at radius 3 is 2.63 bits per heavy atom. The van der Waals surface area contributed by atoms with E-state index in [1.54, 1.807) is 18.2 Å².